The SMILES string of the molecule is c1ncc2c(n1)CCO2.c1ncc2c(n1)OCC2. The maximum Gasteiger partial charge on any atom is 0.219 e. The van der Waals surface area contributed by atoms with Crippen LogP contribution in [-0.2, 0) is 12.8 Å². The van der Waals surface area contributed by atoms with E-state index in [0.717, 1.165) is 48.9 Å². The zero-order valence-electron chi connectivity index (χ0n) is 9.74. The molecule has 2 aromatic rings. The van der Waals surface area contributed by atoms with E-state index in [0.29, 0.717) is 0 Å². The Hall–Kier alpha value is -2.24. The van der Waals surface area contributed by atoms with Gasteiger partial charge in [0.1, 0.15) is 12.7 Å². The quantitative estimate of drug-likeness (QED) is 0.683. The molecule has 0 aliphatic carbocycles. The van der Waals surface area contributed by atoms with E-state index in [9.17, 15) is 0 Å². The molecule has 2 aliphatic heterocycles. The molecule has 4 heterocycles. The fraction of sp³-hybridized carbons (Fsp3) is 0.333. The highest BCUT2D eigenvalue weighted by Crippen LogP contribution is 2.20. The predicted molar refractivity (Wildman–Crippen MR) is 62.5 cm³/mol. The molecule has 0 atom stereocenters. The number of ether oxygens (including phenoxy) is 2. The normalized spacial score (nSPS) is 14.7. The molecule has 0 saturated carbocycles. The Labute approximate surface area is 104 Å². The largest absolute Gasteiger partial charge is 0.490 e. The van der Waals surface area contributed by atoms with Crippen LogP contribution < -0.4 is 9.47 Å². The van der Waals surface area contributed by atoms with Gasteiger partial charge in [0.15, 0.2) is 5.75 Å². The van der Waals surface area contributed by atoms with Gasteiger partial charge in [-0.15, -0.1) is 0 Å². The number of rotatable bonds is 0. The standard InChI is InChI=1S/2C6H6N2O/c1-2-9-6-3-7-4-8-5(1)6;1-2-9-6-5(1)3-7-4-8-6/h2*3-4H,1-2H2. The lowest BCUT2D eigenvalue weighted by molar-refractivity contribution is 0.344. The molecule has 92 valence electrons. The van der Waals surface area contributed by atoms with Gasteiger partial charge in [0.05, 0.1) is 25.1 Å². The summed E-state index contributed by atoms with van der Waals surface area (Å²) in [5.41, 5.74) is 2.16. The zero-order valence-corrected chi connectivity index (χ0v) is 9.74. The summed E-state index contributed by atoms with van der Waals surface area (Å²) in [6.07, 6.45) is 8.44. The number of hydrogen-bond acceptors (Lipinski definition) is 6. The Kier molecular flexibility index (Phi) is 2.99. The lowest BCUT2D eigenvalue weighted by Gasteiger charge is -1.92. The van der Waals surface area contributed by atoms with Crippen LogP contribution in [0, 0.1) is 0 Å². The first kappa shape index (κ1) is 10.9. The molecular formula is C12H12N4O2. The summed E-state index contributed by atoms with van der Waals surface area (Å²) in [6.45, 7) is 1.52. The van der Waals surface area contributed by atoms with Gasteiger partial charge in [-0.05, 0) is 0 Å². The van der Waals surface area contributed by atoms with Crippen molar-refractivity contribution in [2.75, 3.05) is 13.2 Å². The summed E-state index contributed by atoms with van der Waals surface area (Å²) in [6, 6.07) is 0. The highest BCUT2D eigenvalue weighted by Gasteiger charge is 2.11. The van der Waals surface area contributed by atoms with Crippen LogP contribution in [0.1, 0.15) is 11.3 Å². The molecule has 0 bridgehead atoms. The Morgan fingerprint density at radius 3 is 2.61 bits per heavy atom. The number of nitrogens with zero attached hydrogens (tertiary/aromatic N) is 4. The van der Waals surface area contributed by atoms with E-state index in [1.165, 1.54) is 6.33 Å². The summed E-state index contributed by atoms with van der Waals surface area (Å²) in [5, 5.41) is 0. The summed E-state index contributed by atoms with van der Waals surface area (Å²) >= 11 is 0. The second-order valence-corrected chi connectivity index (χ2v) is 3.88. The Balaban J connectivity index is 0.000000111. The van der Waals surface area contributed by atoms with Crippen LogP contribution in [0.2, 0.25) is 0 Å². The first-order valence-electron chi connectivity index (χ1n) is 5.77. The van der Waals surface area contributed by atoms with Crippen molar-refractivity contribution in [2.24, 2.45) is 0 Å². The molecule has 18 heavy (non-hydrogen) atoms. The van der Waals surface area contributed by atoms with Crippen molar-refractivity contribution < 1.29 is 9.47 Å². The van der Waals surface area contributed by atoms with Crippen LogP contribution in [0.4, 0.5) is 0 Å². The average molecular weight is 244 g/mol. The molecule has 2 aromatic heterocycles. The fourth-order valence-electron chi connectivity index (χ4n) is 1.81. The molecule has 0 aromatic carbocycles. The molecule has 0 spiro atoms. The number of fused-ring (bicyclic) bond motifs is 2. The van der Waals surface area contributed by atoms with E-state index >= 15 is 0 Å². The van der Waals surface area contributed by atoms with E-state index in [2.05, 4.69) is 19.9 Å². The van der Waals surface area contributed by atoms with E-state index in [1.54, 1.807) is 18.7 Å². The lowest BCUT2D eigenvalue weighted by Crippen LogP contribution is -1.87. The Morgan fingerprint density at radius 1 is 0.889 bits per heavy atom. The van der Waals surface area contributed by atoms with Crippen LogP contribution in [0.5, 0.6) is 11.6 Å². The van der Waals surface area contributed by atoms with Crippen molar-refractivity contribution in [3.05, 3.63) is 36.3 Å². The minimum Gasteiger partial charge on any atom is -0.490 e. The van der Waals surface area contributed by atoms with E-state index in [4.69, 9.17) is 9.47 Å². The predicted octanol–water partition coefficient (Wildman–Crippen LogP) is 0.823. The first-order chi connectivity index (χ1) is 8.93. The summed E-state index contributed by atoms with van der Waals surface area (Å²) < 4.78 is 10.3. The monoisotopic (exact) mass is 244 g/mol. The van der Waals surface area contributed by atoms with E-state index < -0.39 is 0 Å². The first-order valence-corrected chi connectivity index (χ1v) is 5.77. The van der Waals surface area contributed by atoms with Crippen molar-refractivity contribution in [2.45, 2.75) is 12.8 Å². The molecule has 0 N–H and O–H groups in total. The second kappa shape index (κ2) is 4.95. The van der Waals surface area contributed by atoms with Crippen LogP contribution in [0.15, 0.2) is 25.0 Å². The van der Waals surface area contributed by atoms with Crippen molar-refractivity contribution in [3.8, 4) is 11.6 Å². The van der Waals surface area contributed by atoms with Crippen molar-refractivity contribution >= 4 is 0 Å². The summed E-state index contributed by atoms with van der Waals surface area (Å²) in [4.78, 5) is 15.6. The topological polar surface area (TPSA) is 70.0 Å². The second-order valence-electron chi connectivity index (χ2n) is 3.88. The molecule has 0 amide bonds. The van der Waals surface area contributed by atoms with Gasteiger partial charge in [0.25, 0.3) is 0 Å². The van der Waals surface area contributed by atoms with E-state index in [-0.39, 0.29) is 0 Å². The Bertz CT molecular complexity index is 452. The van der Waals surface area contributed by atoms with Gasteiger partial charge in [-0.1, -0.05) is 0 Å². The van der Waals surface area contributed by atoms with Crippen LogP contribution in [0.25, 0.3) is 0 Å². The zero-order chi connectivity index (χ0) is 12.2. The minimum absolute atomic E-state index is 0.755. The third-order valence-electron chi connectivity index (χ3n) is 2.71. The van der Waals surface area contributed by atoms with Gasteiger partial charge >= 0.3 is 0 Å². The van der Waals surface area contributed by atoms with Crippen LogP contribution in [0.3, 0.4) is 0 Å². The smallest absolute Gasteiger partial charge is 0.219 e. The highest BCUT2D eigenvalue weighted by molar-refractivity contribution is 5.26. The molecule has 0 saturated heterocycles. The van der Waals surface area contributed by atoms with E-state index in [1.807, 2.05) is 0 Å². The average Bonchev–Trinajstić information content (AvgIpc) is 3.08. The molecule has 6 nitrogen and oxygen atoms in total. The van der Waals surface area contributed by atoms with Gasteiger partial charge in [0.2, 0.25) is 5.88 Å². The maximum atomic E-state index is 5.17. The molecule has 6 heteroatoms. The number of aromatic nitrogens is 4. The van der Waals surface area contributed by atoms with Crippen LogP contribution in [-0.4, -0.2) is 33.1 Å². The van der Waals surface area contributed by atoms with Gasteiger partial charge in [-0.2, -0.15) is 0 Å². The van der Waals surface area contributed by atoms with Crippen molar-refractivity contribution in [1.82, 2.24) is 19.9 Å². The van der Waals surface area contributed by atoms with Gasteiger partial charge in [-0.25, -0.2) is 19.9 Å². The minimum atomic E-state index is 0.755. The summed E-state index contributed by atoms with van der Waals surface area (Å²) in [5.74, 6) is 1.60. The molecular weight excluding hydrogens is 232 g/mol. The van der Waals surface area contributed by atoms with Gasteiger partial charge in [-0.3, -0.25) is 0 Å². The molecule has 4 rings (SSSR count). The molecule has 0 fully saturated rings. The van der Waals surface area contributed by atoms with Crippen LogP contribution >= 0.6 is 0 Å². The van der Waals surface area contributed by atoms with Crippen molar-refractivity contribution in [3.63, 3.8) is 0 Å². The highest BCUT2D eigenvalue weighted by atomic mass is 16.5. The number of hydrogen-bond donors (Lipinski definition) is 0. The molecule has 2 aliphatic rings. The molecule has 0 unspecified atom stereocenters. The Morgan fingerprint density at radius 2 is 1.72 bits per heavy atom. The maximum absolute atomic E-state index is 5.17. The van der Waals surface area contributed by atoms with Gasteiger partial charge < -0.3 is 9.47 Å². The van der Waals surface area contributed by atoms with Crippen molar-refractivity contribution in [1.29, 1.82) is 0 Å². The summed E-state index contributed by atoms with van der Waals surface area (Å²) in [7, 11) is 0. The third kappa shape index (κ3) is 2.22. The lowest BCUT2D eigenvalue weighted by atomic mass is 10.3. The molecule has 0 radical (unpaired) electrons. The van der Waals surface area contributed by atoms with Gasteiger partial charge in [0, 0.05) is 24.6 Å². The fourth-order valence-corrected chi connectivity index (χ4v) is 1.81. The third-order valence-corrected chi connectivity index (χ3v) is 2.71.